The summed E-state index contributed by atoms with van der Waals surface area (Å²) in [6, 6.07) is 2.67. The van der Waals surface area contributed by atoms with Gasteiger partial charge in [-0.05, 0) is 30.9 Å². The van der Waals surface area contributed by atoms with Crippen LogP contribution < -0.4 is 16.4 Å². The monoisotopic (exact) mass is 235 g/mol. The lowest BCUT2D eigenvalue weighted by molar-refractivity contribution is 0.0954. The summed E-state index contributed by atoms with van der Waals surface area (Å²) < 4.78 is 13.2. The van der Waals surface area contributed by atoms with E-state index in [4.69, 9.17) is 5.73 Å². The summed E-state index contributed by atoms with van der Waals surface area (Å²) in [5, 5.41) is 6.08. The van der Waals surface area contributed by atoms with Crippen LogP contribution in [0, 0.1) is 11.7 Å². The Balaban J connectivity index is 2.03. The molecule has 1 saturated carbocycles. The van der Waals surface area contributed by atoms with Gasteiger partial charge in [0.25, 0.3) is 5.91 Å². The molecule has 1 atom stereocenters. The van der Waals surface area contributed by atoms with Gasteiger partial charge in [0.1, 0.15) is 5.82 Å². The van der Waals surface area contributed by atoms with Gasteiger partial charge in [0, 0.05) is 12.6 Å². The highest BCUT2D eigenvalue weighted by Gasteiger charge is 2.34. The number of nitrogens with one attached hydrogen (secondary N) is 2. The van der Waals surface area contributed by atoms with E-state index in [0.29, 0.717) is 29.4 Å². The van der Waals surface area contributed by atoms with Crippen molar-refractivity contribution >= 4 is 17.3 Å². The molecule has 90 valence electrons. The van der Waals surface area contributed by atoms with E-state index in [-0.39, 0.29) is 11.9 Å². The van der Waals surface area contributed by atoms with E-state index in [9.17, 15) is 9.18 Å². The van der Waals surface area contributed by atoms with Gasteiger partial charge in [-0.3, -0.25) is 4.79 Å². The fourth-order valence-corrected chi connectivity index (χ4v) is 2.29. The van der Waals surface area contributed by atoms with Crippen molar-refractivity contribution in [3.8, 4) is 0 Å². The number of halogens is 1. The van der Waals surface area contributed by atoms with Gasteiger partial charge in [-0.2, -0.15) is 0 Å². The van der Waals surface area contributed by atoms with E-state index < -0.39 is 5.82 Å². The number of carbonyl (C=O) groups is 1. The first-order valence-corrected chi connectivity index (χ1v) is 5.79. The van der Waals surface area contributed by atoms with Gasteiger partial charge in [-0.1, -0.05) is 0 Å². The number of fused-ring (bicyclic) bond motifs is 1. The third-order valence-corrected chi connectivity index (χ3v) is 3.38. The molecule has 1 unspecified atom stereocenters. The van der Waals surface area contributed by atoms with E-state index >= 15 is 0 Å². The predicted molar refractivity (Wildman–Crippen MR) is 63.3 cm³/mol. The number of hydrogen-bond acceptors (Lipinski definition) is 3. The molecule has 4 N–H and O–H groups in total. The van der Waals surface area contributed by atoms with E-state index in [2.05, 4.69) is 10.6 Å². The first kappa shape index (κ1) is 10.4. The summed E-state index contributed by atoms with van der Waals surface area (Å²) in [6.07, 6.45) is 2.34. The Morgan fingerprint density at radius 2 is 2.12 bits per heavy atom. The Morgan fingerprint density at radius 1 is 1.35 bits per heavy atom. The predicted octanol–water partition coefficient (Wildman–Crippen LogP) is 1.34. The molecule has 4 nitrogen and oxygen atoms in total. The van der Waals surface area contributed by atoms with E-state index in [1.807, 2.05) is 0 Å². The van der Waals surface area contributed by atoms with Gasteiger partial charge >= 0.3 is 0 Å². The zero-order valence-corrected chi connectivity index (χ0v) is 9.29. The maximum atomic E-state index is 13.2. The molecule has 1 aliphatic heterocycles. The smallest absolute Gasteiger partial charge is 0.253 e. The van der Waals surface area contributed by atoms with Gasteiger partial charge in [-0.15, -0.1) is 0 Å². The van der Waals surface area contributed by atoms with Crippen LogP contribution in [0.25, 0.3) is 0 Å². The number of anilines is 2. The number of rotatable bonds is 1. The topological polar surface area (TPSA) is 67.2 Å². The highest BCUT2D eigenvalue weighted by atomic mass is 19.1. The van der Waals surface area contributed by atoms with E-state index in [1.165, 1.54) is 25.0 Å². The molecule has 0 aromatic heterocycles. The number of hydrogen-bond donors (Lipinski definition) is 3. The second kappa shape index (κ2) is 3.61. The van der Waals surface area contributed by atoms with Crippen molar-refractivity contribution in [2.75, 3.05) is 17.6 Å². The minimum Gasteiger partial charge on any atom is -0.397 e. The van der Waals surface area contributed by atoms with Gasteiger partial charge in [-0.25, -0.2) is 4.39 Å². The first-order chi connectivity index (χ1) is 8.15. The fraction of sp³-hybridized carbons (Fsp3) is 0.417. The van der Waals surface area contributed by atoms with Crippen molar-refractivity contribution in [1.82, 2.24) is 5.32 Å². The van der Waals surface area contributed by atoms with E-state index in [1.54, 1.807) is 0 Å². The van der Waals surface area contributed by atoms with Gasteiger partial charge in [0.05, 0.1) is 16.9 Å². The second-order valence-corrected chi connectivity index (χ2v) is 4.72. The van der Waals surface area contributed by atoms with Gasteiger partial charge < -0.3 is 16.4 Å². The third kappa shape index (κ3) is 1.81. The Morgan fingerprint density at radius 3 is 2.82 bits per heavy atom. The van der Waals surface area contributed by atoms with Crippen LogP contribution in [0.3, 0.4) is 0 Å². The quantitative estimate of drug-likeness (QED) is 0.643. The molecule has 1 amide bonds. The lowest BCUT2D eigenvalue weighted by Crippen LogP contribution is -2.34. The molecular formula is C12H14FN3O. The molecule has 5 heteroatoms. The summed E-state index contributed by atoms with van der Waals surface area (Å²) in [6.45, 7) is 0.569. The second-order valence-electron chi connectivity index (χ2n) is 4.72. The molecule has 1 heterocycles. The lowest BCUT2D eigenvalue weighted by Gasteiger charge is -2.17. The van der Waals surface area contributed by atoms with Crippen LogP contribution >= 0.6 is 0 Å². The van der Waals surface area contributed by atoms with Crippen molar-refractivity contribution < 1.29 is 9.18 Å². The Hall–Kier alpha value is -1.78. The largest absolute Gasteiger partial charge is 0.397 e. The molecule has 1 aliphatic carbocycles. The lowest BCUT2D eigenvalue weighted by atomic mass is 10.1. The number of carbonyl (C=O) groups excluding carboxylic acids is 1. The van der Waals surface area contributed by atoms with Crippen LogP contribution in [-0.2, 0) is 0 Å². The Bertz CT molecular complexity index is 485. The zero-order chi connectivity index (χ0) is 12.0. The van der Waals surface area contributed by atoms with Gasteiger partial charge in [0.15, 0.2) is 0 Å². The molecule has 2 aliphatic rings. The van der Waals surface area contributed by atoms with E-state index in [0.717, 1.165) is 0 Å². The maximum Gasteiger partial charge on any atom is 0.253 e. The molecule has 0 saturated heterocycles. The van der Waals surface area contributed by atoms with Crippen molar-refractivity contribution in [2.24, 2.45) is 5.92 Å². The summed E-state index contributed by atoms with van der Waals surface area (Å²) in [5.74, 6) is -0.157. The molecular weight excluding hydrogens is 221 g/mol. The number of nitrogen functional groups attached to an aromatic ring is 1. The Kier molecular flexibility index (Phi) is 2.21. The minimum atomic E-state index is -0.483. The van der Waals surface area contributed by atoms with Crippen molar-refractivity contribution in [2.45, 2.75) is 18.9 Å². The van der Waals surface area contributed by atoms with Crippen molar-refractivity contribution in [1.29, 1.82) is 0 Å². The molecule has 1 fully saturated rings. The summed E-state index contributed by atoms with van der Waals surface area (Å²) >= 11 is 0. The molecule has 0 radical (unpaired) electrons. The molecule has 1 aromatic rings. The molecule has 1 aromatic carbocycles. The molecule has 17 heavy (non-hydrogen) atoms. The van der Waals surface area contributed by atoms with Crippen LogP contribution in [0.5, 0.6) is 0 Å². The van der Waals surface area contributed by atoms with Gasteiger partial charge in [0.2, 0.25) is 0 Å². The highest BCUT2D eigenvalue weighted by Crippen LogP contribution is 2.37. The zero-order valence-electron chi connectivity index (χ0n) is 9.29. The molecule has 0 spiro atoms. The Labute approximate surface area is 98.4 Å². The highest BCUT2D eigenvalue weighted by molar-refractivity contribution is 6.03. The average Bonchev–Trinajstić information content (AvgIpc) is 3.08. The third-order valence-electron chi connectivity index (χ3n) is 3.38. The fourth-order valence-electron chi connectivity index (χ4n) is 2.29. The SMILES string of the molecule is Nc1cc(F)cc2c1NC(C1CC1)CNC2=O. The summed E-state index contributed by atoms with van der Waals surface area (Å²) in [5.41, 5.74) is 6.93. The maximum absolute atomic E-state index is 13.2. The summed E-state index contributed by atoms with van der Waals surface area (Å²) in [7, 11) is 0. The van der Waals surface area contributed by atoms with Crippen LogP contribution in [0.15, 0.2) is 12.1 Å². The van der Waals surface area contributed by atoms with Crippen molar-refractivity contribution in [3.05, 3.63) is 23.5 Å². The standard InChI is InChI=1S/C12H14FN3O/c13-7-3-8-11(9(14)4-7)16-10(6-1-2-6)5-15-12(8)17/h3-4,6,10,16H,1-2,5,14H2,(H,15,17). The normalized spacial score (nSPS) is 23.4. The van der Waals surface area contributed by atoms with Crippen LogP contribution in [-0.4, -0.2) is 18.5 Å². The first-order valence-electron chi connectivity index (χ1n) is 5.79. The number of nitrogens with two attached hydrogens (primary N) is 1. The summed E-state index contributed by atoms with van der Waals surface area (Å²) in [4.78, 5) is 11.8. The number of amides is 1. The average molecular weight is 235 g/mol. The van der Waals surface area contributed by atoms with Crippen LogP contribution in [0.4, 0.5) is 15.8 Å². The molecule has 3 rings (SSSR count). The minimum absolute atomic E-state index is 0.202. The van der Waals surface area contributed by atoms with Crippen LogP contribution in [0.1, 0.15) is 23.2 Å². The van der Waals surface area contributed by atoms with Crippen molar-refractivity contribution in [3.63, 3.8) is 0 Å². The number of benzene rings is 1. The van der Waals surface area contributed by atoms with Crippen LogP contribution in [0.2, 0.25) is 0 Å². The molecule has 0 bridgehead atoms.